The molecule has 0 radical (unpaired) electrons. The number of nitrogens with zero attached hydrogens (tertiary/aromatic N) is 1. The summed E-state index contributed by atoms with van der Waals surface area (Å²) in [6.45, 7) is 6.73. The molecule has 0 aromatic heterocycles. The summed E-state index contributed by atoms with van der Waals surface area (Å²) in [7, 11) is -1.32. The topological polar surface area (TPSA) is 12.4 Å². The Hall–Kier alpha value is -2.55. The van der Waals surface area contributed by atoms with E-state index in [2.05, 4.69) is 42.0 Å². The Morgan fingerprint density at radius 2 is 1.55 bits per heavy atom. The predicted molar refractivity (Wildman–Crippen MR) is 98.3 cm³/mol. The van der Waals surface area contributed by atoms with Gasteiger partial charge in [-0.3, -0.25) is 4.99 Å². The first-order chi connectivity index (χ1) is 10.5. The van der Waals surface area contributed by atoms with Crippen LogP contribution in [0.25, 0.3) is 0 Å². The molecule has 22 heavy (non-hydrogen) atoms. The monoisotopic (exact) mass is 304 g/mol. The maximum atomic E-state index is 5.33. The van der Waals surface area contributed by atoms with Crippen molar-refractivity contribution in [3.63, 3.8) is 0 Å². The smallest absolute Gasteiger partial charge is 0.129 e. The van der Waals surface area contributed by atoms with Gasteiger partial charge in [-0.15, -0.1) is 12.0 Å². The summed E-state index contributed by atoms with van der Waals surface area (Å²) in [5.41, 5.74) is 7.23. The zero-order valence-corrected chi connectivity index (χ0v) is 14.2. The van der Waals surface area contributed by atoms with Crippen LogP contribution in [0.3, 0.4) is 0 Å². The van der Waals surface area contributed by atoms with Crippen molar-refractivity contribution in [1.29, 1.82) is 0 Å². The SMILES string of the molecule is C#Cc1ccc(N=Cc2ccc([13C]#[14C][Si](C)(C)C)cc2)cc1. The molecule has 0 fully saturated rings. The van der Waals surface area contributed by atoms with Gasteiger partial charge in [-0.1, -0.05) is 43.6 Å². The second-order valence-electron chi connectivity index (χ2n) is 6.07. The summed E-state index contributed by atoms with van der Waals surface area (Å²) in [5.74, 6) is 5.84. The van der Waals surface area contributed by atoms with E-state index in [-0.39, 0.29) is 0 Å². The molecule has 2 aromatic carbocycles. The first-order valence-electron chi connectivity index (χ1n) is 7.20. The number of hydrogen-bond acceptors (Lipinski definition) is 1. The predicted octanol–water partition coefficient (Wildman–Crippen LogP) is 4.65. The van der Waals surface area contributed by atoms with Gasteiger partial charge in [0.05, 0.1) is 5.69 Å². The molecule has 0 aliphatic heterocycles. The van der Waals surface area contributed by atoms with E-state index in [1.54, 1.807) is 0 Å². The quantitative estimate of drug-likeness (QED) is 0.331. The van der Waals surface area contributed by atoms with Crippen LogP contribution in [0.4, 0.5) is 5.69 Å². The molecule has 0 aliphatic rings. The van der Waals surface area contributed by atoms with E-state index in [1.807, 2.05) is 54.7 Å². The van der Waals surface area contributed by atoms with Crippen molar-refractivity contribution in [2.75, 3.05) is 0 Å². The van der Waals surface area contributed by atoms with Crippen molar-refractivity contribution in [2.45, 2.75) is 19.6 Å². The number of terminal acetylenes is 1. The van der Waals surface area contributed by atoms with Crippen LogP contribution in [0.2, 0.25) is 19.6 Å². The van der Waals surface area contributed by atoms with E-state index >= 15 is 0 Å². The Labute approximate surface area is 134 Å². The average Bonchev–Trinajstić information content (AvgIpc) is 2.52. The van der Waals surface area contributed by atoms with E-state index in [0.717, 1.165) is 22.4 Å². The third-order valence-corrected chi connectivity index (χ3v) is 3.76. The molecule has 0 unspecified atom stereocenters. The number of aliphatic imine (C=N–C) groups is 1. The highest BCUT2D eigenvalue weighted by Gasteiger charge is 2.07. The van der Waals surface area contributed by atoms with Crippen LogP contribution in [0.5, 0.6) is 0 Å². The first kappa shape index (κ1) is 15.8. The minimum atomic E-state index is -1.32. The highest BCUT2D eigenvalue weighted by Crippen LogP contribution is 2.12. The van der Waals surface area contributed by atoms with Crippen LogP contribution >= 0.6 is 0 Å². The van der Waals surface area contributed by atoms with Gasteiger partial charge in [0.15, 0.2) is 0 Å². The molecule has 0 atom stereocenters. The van der Waals surface area contributed by atoms with Crippen molar-refractivity contribution >= 4 is 20.0 Å². The first-order valence-corrected chi connectivity index (χ1v) is 10.7. The van der Waals surface area contributed by atoms with E-state index in [9.17, 15) is 0 Å². The summed E-state index contributed by atoms with van der Waals surface area (Å²) in [4.78, 5) is 4.44. The van der Waals surface area contributed by atoms with Gasteiger partial charge in [0.25, 0.3) is 0 Å². The number of hydrogen-bond donors (Lipinski definition) is 0. The highest BCUT2D eigenvalue weighted by molar-refractivity contribution is 6.83. The van der Waals surface area contributed by atoms with Crippen molar-refractivity contribution in [3.8, 4) is 23.8 Å². The average molecular weight is 304 g/mol. The Morgan fingerprint density at radius 3 is 2.09 bits per heavy atom. The second kappa shape index (κ2) is 6.94. The molecule has 2 rings (SSSR count). The van der Waals surface area contributed by atoms with E-state index in [0.29, 0.717) is 0 Å². The molecule has 2 aromatic rings. The molecule has 2 heteroatoms. The van der Waals surface area contributed by atoms with Crippen molar-refractivity contribution in [2.24, 2.45) is 4.99 Å². The summed E-state index contributed by atoms with van der Waals surface area (Å²) >= 11 is 0. The molecule has 0 N–H and O–H groups in total. The van der Waals surface area contributed by atoms with E-state index < -0.39 is 8.07 Å². The van der Waals surface area contributed by atoms with Gasteiger partial charge in [0, 0.05) is 17.3 Å². The van der Waals surface area contributed by atoms with Gasteiger partial charge in [0.2, 0.25) is 0 Å². The Morgan fingerprint density at radius 1 is 0.955 bits per heavy atom. The molecular formula is C20H19NSi. The molecule has 0 aliphatic carbocycles. The lowest BCUT2D eigenvalue weighted by atomic mass is 10.2. The summed E-state index contributed by atoms with van der Waals surface area (Å²) < 4.78 is 0. The molecule has 0 amide bonds. The minimum Gasteiger partial charge on any atom is -0.256 e. The highest BCUT2D eigenvalue weighted by atomic mass is 28.3. The van der Waals surface area contributed by atoms with E-state index in [4.69, 9.17) is 6.42 Å². The summed E-state index contributed by atoms with van der Waals surface area (Å²) in [5, 5.41) is 0. The molecule has 0 bridgehead atoms. The lowest BCUT2D eigenvalue weighted by molar-refractivity contribution is 1.51. The second-order valence-corrected chi connectivity index (χ2v) is 10.8. The van der Waals surface area contributed by atoms with Gasteiger partial charge in [-0.05, 0) is 42.0 Å². The fourth-order valence-corrected chi connectivity index (χ4v) is 2.22. The molecule has 0 heterocycles. The van der Waals surface area contributed by atoms with Gasteiger partial charge < -0.3 is 0 Å². The maximum absolute atomic E-state index is 5.33. The molecular weight excluding hydrogens is 285 g/mol. The normalized spacial score (nSPS) is 10.8. The third-order valence-electron chi connectivity index (χ3n) is 2.89. The zero-order chi connectivity index (χ0) is 16.0. The maximum Gasteiger partial charge on any atom is 0.129 e. The van der Waals surface area contributed by atoms with Crippen LogP contribution in [-0.4, -0.2) is 14.3 Å². The van der Waals surface area contributed by atoms with E-state index in [1.165, 1.54) is 0 Å². The summed E-state index contributed by atoms with van der Waals surface area (Å²) in [6, 6.07) is 15.8. The van der Waals surface area contributed by atoms with Crippen LogP contribution < -0.4 is 0 Å². The largest absolute Gasteiger partial charge is 0.256 e. The van der Waals surface area contributed by atoms with Crippen molar-refractivity contribution in [1.82, 2.24) is 0 Å². The van der Waals surface area contributed by atoms with Gasteiger partial charge in [-0.2, -0.15) is 0 Å². The van der Waals surface area contributed by atoms with Gasteiger partial charge in [0.1, 0.15) is 8.07 Å². The molecule has 0 saturated heterocycles. The molecule has 0 saturated carbocycles. The van der Waals surface area contributed by atoms with Crippen LogP contribution in [0, 0.1) is 23.8 Å². The fourth-order valence-electron chi connectivity index (χ4n) is 1.70. The summed E-state index contributed by atoms with van der Waals surface area (Å²) in [6.07, 6.45) is 7.18. The third kappa shape index (κ3) is 5.09. The fraction of sp³-hybridized carbons (Fsp3) is 0.150. The molecule has 108 valence electrons. The van der Waals surface area contributed by atoms with Crippen molar-refractivity contribution in [3.05, 3.63) is 65.2 Å². The lowest BCUT2D eigenvalue weighted by Crippen LogP contribution is -2.16. The number of rotatable bonds is 2. The Bertz CT molecular complexity index is 758. The minimum absolute atomic E-state index is 0.865. The van der Waals surface area contributed by atoms with Crippen LogP contribution in [0.15, 0.2) is 53.5 Å². The Kier molecular flexibility index (Phi) is 4.99. The van der Waals surface area contributed by atoms with Crippen LogP contribution in [-0.2, 0) is 0 Å². The van der Waals surface area contributed by atoms with Crippen molar-refractivity contribution < 1.29 is 0 Å². The van der Waals surface area contributed by atoms with Crippen LogP contribution in [0.1, 0.15) is 16.7 Å². The standard InChI is InChI=1S/C20H19NSi/c1-5-17-10-12-20(13-11-17)21-16-19-8-6-18(7-9-19)14-15-22(2,3)4/h1,6-13,16H,2-4H3/i14+1,15+2. The molecule has 1 nitrogen and oxygen atoms in total. The molecule has 0 spiro atoms. The van der Waals surface area contributed by atoms with Gasteiger partial charge >= 0.3 is 0 Å². The number of benzene rings is 2. The van der Waals surface area contributed by atoms with Gasteiger partial charge in [-0.25, -0.2) is 0 Å². The Balaban J connectivity index is 2.08. The zero-order valence-electron chi connectivity index (χ0n) is 13.2. The lowest BCUT2D eigenvalue weighted by Gasteiger charge is -2.03.